The second kappa shape index (κ2) is 7.17. The Morgan fingerprint density at radius 2 is 1.90 bits per heavy atom. The van der Waals surface area contributed by atoms with Crippen LogP contribution in [0.2, 0.25) is 0 Å². The molecule has 0 spiro atoms. The summed E-state index contributed by atoms with van der Waals surface area (Å²) in [6.45, 7) is 2.27. The van der Waals surface area contributed by atoms with Crippen molar-refractivity contribution in [2.45, 2.75) is 12.8 Å². The van der Waals surface area contributed by atoms with Gasteiger partial charge in [0.1, 0.15) is 5.82 Å². The Morgan fingerprint density at radius 3 is 2.62 bits per heavy atom. The molecule has 1 N–H and O–H groups in total. The van der Waals surface area contributed by atoms with E-state index in [1.807, 2.05) is 4.90 Å². The third-order valence-electron chi connectivity index (χ3n) is 3.60. The molecule has 0 radical (unpaired) electrons. The second-order valence-electron chi connectivity index (χ2n) is 5.17. The molecule has 1 aliphatic heterocycles. The summed E-state index contributed by atoms with van der Waals surface area (Å²) in [5, 5.41) is 8.79. The minimum absolute atomic E-state index is 0.00462. The summed E-state index contributed by atoms with van der Waals surface area (Å²) in [5.41, 5.74) is 0.397. The topological polar surface area (TPSA) is 60.9 Å². The molecule has 1 aromatic rings. The van der Waals surface area contributed by atoms with E-state index < -0.39 is 5.97 Å². The molecule has 1 saturated heterocycles. The van der Waals surface area contributed by atoms with E-state index in [9.17, 15) is 14.0 Å². The Morgan fingerprint density at radius 1 is 1.14 bits per heavy atom. The van der Waals surface area contributed by atoms with Crippen LogP contribution in [0.3, 0.4) is 0 Å². The first-order valence-electron chi connectivity index (χ1n) is 7.01. The zero-order valence-electron chi connectivity index (χ0n) is 11.8. The van der Waals surface area contributed by atoms with Gasteiger partial charge in [0.15, 0.2) is 0 Å². The van der Waals surface area contributed by atoms with Crippen LogP contribution in [0.15, 0.2) is 24.3 Å². The van der Waals surface area contributed by atoms with E-state index in [2.05, 4.69) is 0 Å². The van der Waals surface area contributed by atoms with Crippen molar-refractivity contribution in [1.82, 2.24) is 9.80 Å². The number of carbonyl (C=O) groups is 2. The standard InChI is InChI=1S/C15H19FN2O3/c16-13-5-2-1-4-12(13)10-14(19)18-7-3-6-17(8-9-18)11-15(20)21/h1-2,4-5H,3,6-11H2,(H,20,21). The van der Waals surface area contributed by atoms with E-state index in [1.165, 1.54) is 6.07 Å². The van der Waals surface area contributed by atoms with Crippen LogP contribution in [0.4, 0.5) is 4.39 Å². The normalized spacial score (nSPS) is 16.5. The third-order valence-corrected chi connectivity index (χ3v) is 3.60. The molecule has 0 atom stereocenters. The van der Waals surface area contributed by atoms with Gasteiger partial charge in [-0.15, -0.1) is 0 Å². The number of rotatable bonds is 4. The number of hydrogen-bond acceptors (Lipinski definition) is 3. The highest BCUT2D eigenvalue weighted by Gasteiger charge is 2.21. The van der Waals surface area contributed by atoms with Crippen molar-refractivity contribution < 1.29 is 19.1 Å². The predicted molar refractivity (Wildman–Crippen MR) is 75.4 cm³/mol. The van der Waals surface area contributed by atoms with Crippen molar-refractivity contribution in [3.8, 4) is 0 Å². The molecule has 0 aliphatic carbocycles. The Bertz CT molecular complexity index is 521. The van der Waals surface area contributed by atoms with Gasteiger partial charge in [-0.25, -0.2) is 4.39 Å². The highest BCUT2D eigenvalue weighted by molar-refractivity contribution is 5.78. The van der Waals surface area contributed by atoms with Crippen LogP contribution in [0, 0.1) is 5.82 Å². The highest BCUT2D eigenvalue weighted by atomic mass is 19.1. The van der Waals surface area contributed by atoms with Crippen LogP contribution in [0.5, 0.6) is 0 Å². The van der Waals surface area contributed by atoms with Gasteiger partial charge in [-0.1, -0.05) is 18.2 Å². The summed E-state index contributed by atoms with van der Waals surface area (Å²) in [6, 6.07) is 6.27. The van der Waals surface area contributed by atoms with E-state index in [0.717, 1.165) is 6.42 Å². The highest BCUT2D eigenvalue weighted by Crippen LogP contribution is 2.10. The van der Waals surface area contributed by atoms with Crippen molar-refractivity contribution in [2.75, 3.05) is 32.7 Å². The largest absolute Gasteiger partial charge is 0.480 e. The zero-order valence-corrected chi connectivity index (χ0v) is 11.8. The third kappa shape index (κ3) is 4.53. The fourth-order valence-electron chi connectivity index (χ4n) is 2.49. The summed E-state index contributed by atoms with van der Waals surface area (Å²) in [4.78, 5) is 26.4. The van der Waals surface area contributed by atoms with Crippen LogP contribution in [0.1, 0.15) is 12.0 Å². The number of hydrogen-bond donors (Lipinski definition) is 1. The molecular weight excluding hydrogens is 275 g/mol. The Kier molecular flexibility index (Phi) is 5.27. The van der Waals surface area contributed by atoms with Gasteiger partial charge in [0, 0.05) is 26.2 Å². The first kappa shape index (κ1) is 15.4. The van der Waals surface area contributed by atoms with Crippen LogP contribution in [-0.2, 0) is 16.0 Å². The minimum atomic E-state index is -0.860. The number of carboxylic acids is 1. The van der Waals surface area contributed by atoms with Crippen LogP contribution >= 0.6 is 0 Å². The van der Waals surface area contributed by atoms with Gasteiger partial charge in [-0.05, 0) is 18.1 Å². The number of aliphatic carboxylic acids is 1. The van der Waals surface area contributed by atoms with Crippen LogP contribution in [-0.4, -0.2) is 59.5 Å². The van der Waals surface area contributed by atoms with E-state index >= 15 is 0 Å². The summed E-state index contributed by atoms with van der Waals surface area (Å²) in [6.07, 6.45) is 0.780. The quantitative estimate of drug-likeness (QED) is 0.899. The van der Waals surface area contributed by atoms with Gasteiger partial charge in [0.05, 0.1) is 13.0 Å². The first-order valence-corrected chi connectivity index (χ1v) is 7.01. The molecule has 0 aromatic heterocycles. The summed E-state index contributed by atoms with van der Waals surface area (Å²) in [7, 11) is 0. The minimum Gasteiger partial charge on any atom is -0.480 e. The number of carbonyl (C=O) groups excluding carboxylic acids is 1. The molecule has 2 rings (SSSR count). The van der Waals surface area contributed by atoms with Crippen LogP contribution < -0.4 is 0 Å². The van der Waals surface area contributed by atoms with Gasteiger partial charge < -0.3 is 10.0 Å². The molecule has 0 saturated carbocycles. The van der Waals surface area contributed by atoms with Crippen molar-refractivity contribution in [1.29, 1.82) is 0 Å². The maximum Gasteiger partial charge on any atom is 0.317 e. The molecule has 114 valence electrons. The maximum absolute atomic E-state index is 13.6. The predicted octanol–water partition coefficient (Wildman–Crippen LogP) is 0.987. The van der Waals surface area contributed by atoms with Gasteiger partial charge in [-0.3, -0.25) is 14.5 Å². The van der Waals surface area contributed by atoms with Crippen molar-refractivity contribution in [2.24, 2.45) is 0 Å². The zero-order chi connectivity index (χ0) is 15.2. The Hall–Kier alpha value is -1.95. The van der Waals surface area contributed by atoms with E-state index in [4.69, 9.17) is 5.11 Å². The van der Waals surface area contributed by atoms with Crippen molar-refractivity contribution in [3.05, 3.63) is 35.6 Å². The van der Waals surface area contributed by atoms with E-state index in [0.29, 0.717) is 31.7 Å². The smallest absolute Gasteiger partial charge is 0.317 e. The number of halogens is 1. The number of nitrogens with zero attached hydrogens (tertiary/aromatic N) is 2. The fourth-order valence-corrected chi connectivity index (χ4v) is 2.49. The molecule has 1 aromatic carbocycles. The molecule has 5 nitrogen and oxygen atoms in total. The number of carboxylic acid groups (broad SMARTS) is 1. The molecule has 1 amide bonds. The lowest BCUT2D eigenvalue weighted by Gasteiger charge is -2.21. The van der Waals surface area contributed by atoms with Gasteiger partial charge in [0.2, 0.25) is 5.91 Å². The SMILES string of the molecule is O=C(O)CN1CCCN(C(=O)Cc2ccccc2F)CC1. The van der Waals surface area contributed by atoms with Crippen LogP contribution in [0.25, 0.3) is 0 Å². The van der Waals surface area contributed by atoms with Gasteiger partial charge in [-0.2, -0.15) is 0 Å². The van der Waals surface area contributed by atoms with E-state index in [1.54, 1.807) is 23.1 Å². The molecule has 1 fully saturated rings. The Balaban J connectivity index is 1.91. The lowest BCUT2D eigenvalue weighted by molar-refractivity contribution is -0.138. The number of amides is 1. The molecule has 6 heteroatoms. The monoisotopic (exact) mass is 294 g/mol. The second-order valence-corrected chi connectivity index (χ2v) is 5.17. The van der Waals surface area contributed by atoms with Gasteiger partial charge in [0.25, 0.3) is 0 Å². The first-order chi connectivity index (χ1) is 10.1. The lowest BCUT2D eigenvalue weighted by atomic mass is 10.1. The average molecular weight is 294 g/mol. The lowest BCUT2D eigenvalue weighted by Crippen LogP contribution is -2.37. The Labute approximate surface area is 123 Å². The summed E-state index contributed by atoms with van der Waals surface area (Å²) >= 11 is 0. The molecule has 0 bridgehead atoms. The van der Waals surface area contributed by atoms with Gasteiger partial charge >= 0.3 is 5.97 Å². The summed E-state index contributed by atoms with van der Waals surface area (Å²) in [5.74, 6) is -1.34. The molecular formula is C15H19FN2O3. The summed E-state index contributed by atoms with van der Waals surface area (Å²) < 4.78 is 13.6. The van der Waals surface area contributed by atoms with E-state index in [-0.39, 0.29) is 24.7 Å². The average Bonchev–Trinajstić information content (AvgIpc) is 2.66. The maximum atomic E-state index is 13.6. The molecule has 0 unspecified atom stereocenters. The van der Waals surface area contributed by atoms with Crippen molar-refractivity contribution in [3.63, 3.8) is 0 Å². The molecule has 1 aliphatic rings. The molecule has 21 heavy (non-hydrogen) atoms. The fraction of sp³-hybridized carbons (Fsp3) is 0.467. The number of benzene rings is 1. The molecule has 1 heterocycles. The van der Waals surface area contributed by atoms with Crippen molar-refractivity contribution >= 4 is 11.9 Å².